The molecule has 2 heteroatoms. The third-order valence-electron chi connectivity index (χ3n) is 1.92. The van der Waals surface area contributed by atoms with Crippen LogP contribution >= 0.6 is 0 Å². The summed E-state index contributed by atoms with van der Waals surface area (Å²) in [5.41, 5.74) is 0.695. The molecule has 0 aromatic heterocycles. The first-order valence-electron chi connectivity index (χ1n) is 4.42. The Hall–Kier alpha value is -1.23. The Kier molecular flexibility index (Phi) is 4.91. The lowest BCUT2D eigenvalue weighted by atomic mass is 10.1. The van der Waals surface area contributed by atoms with E-state index < -0.39 is 0 Å². The molecule has 1 atom stereocenters. The molecule has 0 spiro atoms. The van der Waals surface area contributed by atoms with E-state index in [0.717, 1.165) is 0 Å². The SMILES string of the molecule is C#CC(NC(=O)/C(C)=C\C)C(C)C. The second-order valence-electron chi connectivity index (χ2n) is 3.33. The average molecular weight is 179 g/mol. The Morgan fingerprint density at radius 3 is 2.38 bits per heavy atom. The summed E-state index contributed by atoms with van der Waals surface area (Å²) in [6, 6.07) is -0.178. The number of nitrogens with one attached hydrogen (secondary N) is 1. The highest BCUT2D eigenvalue weighted by Gasteiger charge is 2.13. The van der Waals surface area contributed by atoms with E-state index in [2.05, 4.69) is 11.2 Å². The van der Waals surface area contributed by atoms with Gasteiger partial charge in [0.05, 0.1) is 6.04 Å². The molecule has 0 saturated carbocycles. The van der Waals surface area contributed by atoms with Crippen LogP contribution in [-0.4, -0.2) is 11.9 Å². The molecule has 1 unspecified atom stereocenters. The van der Waals surface area contributed by atoms with Gasteiger partial charge in [0.25, 0.3) is 0 Å². The first-order chi connectivity index (χ1) is 6.02. The van der Waals surface area contributed by atoms with E-state index in [1.165, 1.54) is 0 Å². The van der Waals surface area contributed by atoms with Crippen molar-refractivity contribution in [1.29, 1.82) is 0 Å². The molecule has 0 aromatic rings. The van der Waals surface area contributed by atoms with Crippen molar-refractivity contribution in [1.82, 2.24) is 5.32 Å². The van der Waals surface area contributed by atoms with Crippen molar-refractivity contribution in [2.24, 2.45) is 5.92 Å². The van der Waals surface area contributed by atoms with Crippen LogP contribution in [0.5, 0.6) is 0 Å². The van der Waals surface area contributed by atoms with Crippen LogP contribution < -0.4 is 5.32 Å². The lowest BCUT2D eigenvalue weighted by molar-refractivity contribution is -0.118. The van der Waals surface area contributed by atoms with Crippen molar-refractivity contribution >= 4 is 5.91 Å². The van der Waals surface area contributed by atoms with Gasteiger partial charge in [0, 0.05) is 5.57 Å². The Labute approximate surface area is 80.4 Å². The Morgan fingerprint density at radius 1 is 1.54 bits per heavy atom. The number of hydrogen-bond donors (Lipinski definition) is 1. The lowest BCUT2D eigenvalue weighted by Gasteiger charge is -2.16. The zero-order chi connectivity index (χ0) is 10.4. The Bertz CT molecular complexity index is 245. The summed E-state index contributed by atoms with van der Waals surface area (Å²) >= 11 is 0. The molecular formula is C11H17NO. The smallest absolute Gasteiger partial charge is 0.247 e. The summed E-state index contributed by atoms with van der Waals surface area (Å²) in [4.78, 5) is 11.4. The predicted molar refractivity (Wildman–Crippen MR) is 55.0 cm³/mol. The van der Waals surface area contributed by atoms with Gasteiger partial charge >= 0.3 is 0 Å². The van der Waals surface area contributed by atoms with Crippen LogP contribution in [0.2, 0.25) is 0 Å². The highest BCUT2D eigenvalue weighted by atomic mass is 16.1. The number of terminal acetylenes is 1. The summed E-state index contributed by atoms with van der Waals surface area (Å²) in [7, 11) is 0. The van der Waals surface area contributed by atoms with E-state index in [0.29, 0.717) is 5.57 Å². The molecule has 72 valence electrons. The molecular weight excluding hydrogens is 162 g/mol. The van der Waals surface area contributed by atoms with Crippen molar-refractivity contribution < 1.29 is 4.79 Å². The van der Waals surface area contributed by atoms with Crippen molar-refractivity contribution in [3.8, 4) is 12.3 Å². The number of rotatable bonds is 3. The molecule has 0 radical (unpaired) electrons. The molecule has 0 aliphatic carbocycles. The van der Waals surface area contributed by atoms with Gasteiger partial charge in [0.1, 0.15) is 0 Å². The summed E-state index contributed by atoms with van der Waals surface area (Å²) in [5.74, 6) is 2.73. The molecule has 0 rings (SSSR count). The maximum atomic E-state index is 11.4. The number of hydrogen-bond acceptors (Lipinski definition) is 1. The second-order valence-corrected chi connectivity index (χ2v) is 3.33. The molecule has 0 bridgehead atoms. The lowest BCUT2D eigenvalue weighted by Crippen LogP contribution is -2.37. The summed E-state index contributed by atoms with van der Waals surface area (Å²) in [6.45, 7) is 7.56. The number of allylic oxidation sites excluding steroid dienone is 1. The van der Waals surface area contributed by atoms with E-state index in [1.54, 1.807) is 13.0 Å². The second kappa shape index (κ2) is 5.42. The van der Waals surface area contributed by atoms with Crippen molar-refractivity contribution in [2.45, 2.75) is 33.7 Å². The van der Waals surface area contributed by atoms with Gasteiger partial charge in [-0.1, -0.05) is 25.8 Å². The molecule has 2 nitrogen and oxygen atoms in total. The fourth-order valence-corrected chi connectivity index (χ4v) is 0.787. The Balaban J connectivity index is 4.28. The fraction of sp³-hybridized carbons (Fsp3) is 0.545. The van der Waals surface area contributed by atoms with Gasteiger partial charge in [0.2, 0.25) is 5.91 Å². The minimum Gasteiger partial charge on any atom is -0.338 e. The number of carbonyl (C=O) groups is 1. The standard InChI is InChI=1S/C11H17NO/c1-6-9(5)11(13)12-10(7-2)8(3)4/h2,6,8,10H,1,3-5H3,(H,12,13)/b9-6-. The zero-order valence-electron chi connectivity index (χ0n) is 8.72. The van der Waals surface area contributed by atoms with Crippen LogP contribution in [0.15, 0.2) is 11.6 Å². The van der Waals surface area contributed by atoms with Crippen LogP contribution in [0, 0.1) is 18.3 Å². The van der Waals surface area contributed by atoms with E-state index in [1.807, 2.05) is 20.8 Å². The molecule has 0 fully saturated rings. The van der Waals surface area contributed by atoms with E-state index in [-0.39, 0.29) is 17.9 Å². The van der Waals surface area contributed by atoms with Crippen LogP contribution in [-0.2, 0) is 4.79 Å². The maximum Gasteiger partial charge on any atom is 0.247 e. The number of amides is 1. The highest BCUT2D eigenvalue weighted by Crippen LogP contribution is 2.01. The average Bonchev–Trinajstić information content (AvgIpc) is 2.11. The topological polar surface area (TPSA) is 29.1 Å². The summed E-state index contributed by atoms with van der Waals surface area (Å²) < 4.78 is 0. The first kappa shape index (κ1) is 11.8. The van der Waals surface area contributed by atoms with Gasteiger partial charge in [-0.2, -0.15) is 0 Å². The predicted octanol–water partition coefficient (Wildman–Crippen LogP) is 1.73. The summed E-state index contributed by atoms with van der Waals surface area (Å²) in [6.07, 6.45) is 7.05. The third kappa shape index (κ3) is 3.80. The van der Waals surface area contributed by atoms with Gasteiger partial charge in [-0.05, 0) is 19.8 Å². The van der Waals surface area contributed by atoms with E-state index in [4.69, 9.17) is 6.42 Å². The van der Waals surface area contributed by atoms with Gasteiger partial charge in [-0.3, -0.25) is 4.79 Å². The molecule has 1 N–H and O–H groups in total. The molecule has 13 heavy (non-hydrogen) atoms. The number of carbonyl (C=O) groups excluding carboxylic acids is 1. The fourth-order valence-electron chi connectivity index (χ4n) is 0.787. The molecule has 1 amide bonds. The maximum absolute atomic E-state index is 11.4. The Morgan fingerprint density at radius 2 is 2.08 bits per heavy atom. The quantitative estimate of drug-likeness (QED) is 0.519. The largest absolute Gasteiger partial charge is 0.338 e. The first-order valence-corrected chi connectivity index (χ1v) is 4.42. The van der Waals surface area contributed by atoms with Gasteiger partial charge in [0.15, 0.2) is 0 Å². The minimum absolute atomic E-state index is 0.0841. The highest BCUT2D eigenvalue weighted by molar-refractivity contribution is 5.93. The van der Waals surface area contributed by atoms with Crippen LogP contribution in [0.25, 0.3) is 0 Å². The van der Waals surface area contributed by atoms with E-state index in [9.17, 15) is 4.79 Å². The van der Waals surface area contributed by atoms with E-state index >= 15 is 0 Å². The molecule has 0 aliphatic heterocycles. The molecule has 0 aliphatic rings. The van der Waals surface area contributed by atoms with Crippen LogP contribution in [0.3, 0.4) is 0 Å². The van der Waals surface area contributed by atoms with Crippen LogP contribution in [0.4, 0.5) is 0 Å². The van der Waals surface area contributed by atoms with Crippen molar-refractivity contribution in [2.75, 3.05) is 0 Å². The van der Waals surface area contributed by atoms with Gasteiger partial charge < -0.3 is 5.32 Å². The zero-order valence-corrected chi connectivity index (χ0v) is 8.72. The normalized spacial score (nSPS) is 13.7. The molecule has 0 saturated heterocycles. The van der Waals surface area contributed by atoms with Crippen molar-refractivity contribution in [3.63, 3.8) is 0 Å². The third-order valence-corrected chi connectivity index (χ3v) is 1.92. The molecule has 0 aromatic carbocycles. The van der Waals surface area contributed by atoms with Gasteiger partial charge in [-0.25, -0.2) is 0 Å². The van der Waals surface area contributed by atoms with Crippen molar-refractivity contribution in [3.05, 3.63) is 11.6 Å². The minimum atomic E-state index is -0.178. The summed E-state index contributed by atoms with van der Waals surface area (Å²) in [5, 5.41) is 2.77. The molecule has 0 heterocycles. The van der Waals surface area contributed by atoms with Gasteiger partial charge in [-0.15, -0.1) is 6.42 Å². The monoisotopic (exact) mass is 179 g/mol. The van der Waals surface area contributed by atoms with Crippen LogP contribution in [0.1, 0.15) is 27.7 Å².